The zero-order valence-corrected chi connectivity index (χ0v) is 23.8. The van der Waals surface area contributed by atoms with Crippen LogP contribution in [0.4, 0.5) is 5.69 Å². The fraction of sp³-hybridized carbons (Fsp3) is 0.367. The molecule has 0 unspecified atom stereocenters. The second kappa shape index (κ2) is 10.7. The highest BCUT2D eigenvalue weighted by Gasteiger charge is 2.38. The van der Waals surface area contributed by atoms with Gasteiger partial charge in [-0.3, -0.25) is 9.10 Å². The van der Waals surface area contributed by atoms with Gasteiger partial charge in [-0.1, -0.05) is 37.6 Å². The Morgan fingerprint density at radius 3 is 2.26 bits per heavy atom. The second-order valence-electron chi connectivity index (χ2n) is 10.3. The standard InChI is InChI=1S/C30H36N2O5S/c1-18(2)24-16-25(21(5)15-28(24)36-7)22(6)31-30(33)29-17-32(26-14-20(4)10-13-27(26)37-29)38(34,35)23-11-8-19(3)9-12-23/h8-16,18,22,29H,17H2,1-7H3,(H,31,33)/t22-,29-/m1/s1. The van der Waals surface area contributed by atoms with Crippen LogP contribution in [0, 0.1) is 20.8 Å². The van der Waals surface area contributed by atoms with Gasteiger partial charge in [0.25, 0.3) is 15.9 Å². The fourth-order valence-electron chi connectivity index (χ4n) is 4.76. The molecule has 38 heavy (non-hydrogen) atoms. The largest absolute Gasteiger partial charge is 0.496 e. The molecule has 4 rings (SSSR count). The van der Waals surface area contributed by atoms with Gasteiger partial charge in [-0.2, -0.15) is 0 Å². The van der Waals surface area contributed by atoms with Crippen LogP contribution in [0.2, 0.25) is 0 Å². The molecule has 0 saturated heterocycles. The molecule has 0 radical (unpaired) electrons. The van der Waals surface area contributed by atoms with Crippen LogP contribution in [0.5, 0.6) is 11.5 Å². The molecule has 0 aliphatic carbocycles. The molecule has 2 atom stereocenters. The number of rotatable bonds is 7. The first kappa shape index (κ1) is 27.5. The minimum atomic E-state index is -3.93. The first-order chi connectivity index (χ1) is 17.9. The van der Waals surface area contributed by atoms with E-state index in [1.807, 2.05) is 39.8 Å². The predicted molar refractivity (Wildman–Crippen MR) is 150 cm³/mol. The third kappa shape index (κ3) is 5.36. The smallest absolute Gasteiger partial charge is 0.264 e. The van der Waals surface area contributed by atoms with E-state index >= 15 is 0 Å². The van der Waals surface area contributed by atoms with Gasteiger partial charge in [0.1, 0.15) is 11.5 Å². The third-order valence-electron chi connectivity index (χ3n) is 6.95. The number of sulfonamides is 1. The Kier molecular flexibility index (Phi) is 7.74. The number of aryl methyl sites for hydroxylation is 3. The molecule has 1 aliphatic rings. The Labute approximate surface area is 225 Å². The third-order valence-corrected chi connectivity index (χ3v) is 8.75. The van der Waals surface area contributed by atoms with E-state index in [0.29, 0.717) is 11.4 Å². The Hall–Kier alpha value is -3.52. The number of ether oxygens (including phenoxy) is 2. The van der Waals surface area contributed by atoms with Gasteiger partial charge < -0.3 is 14.8 Å². The van der Waals surface area contributed by atoms with E-state index in [1.165, 1.54) is 4.31 Å². The van der Waals surface area contributed by atoms with Crippen molar-refractivity contribution < 1.29 is 22.7 Å². The van der Waals surface area contributed by atoms with Gasteiger partial charge in [0.05, 0.1) is 30.3 Å². The molecule has 3 aromatic rings. The van der Waals surface area contributed by atoms with Crippen LogP contribution in [0.15, 0.2) is 59.5 Å². The lowest BCUT2D eigenvalue weighted by Gasteiger charge is -2.35. The summed E-state index contributed by atoms with van der Waals surface area (Å²) in [6.45, 7) is 11.7. The lowest BCUT2D eigenvalue weighted by Crippen LogP contribution is -2.51. The molecule has 0 spiro atoms. The summed E-state index contributed by atoms with van der Waals surface area (Å²) in [6, 6.07) is 15.8. The normalized spacial score (nSPS) is 16.0. The molecule has 1 aliphatic heterocycles. The number of hydrogen-bond acceptors (Lipinski definition) is 5. The second-order valence-corrected chi connectivity index (χ2v) is 12.1. The van der Waals surface area contributed by atoms with Gasteiger partial charge in [0.15, 0.2) is 6.10 Å². The number of anilines is 1. The molecule has 8 heteroatoms. The summed E-state index contributed by atoms with van der Waals surface area (Å²) in [5.74, 6) is 1.04. The van der Waals surface area contributed by atoms with Crippen molar-refractivity contribution in [2.24, 2.45) is 0 Å². The van der Waals surface area contributed by atoms with Gasteiger partial charge in [-0.25, -0.2) is 8.42 Å². The van der Waals surface area contributed by atoms with Crippen molar-refractivity contribution in [2.75, 3.05) is 18.0 Å². The molecule has 1 heterocycles. The van der Waals surface area contributed by atoms with Gasteiger partial charge in [0, 0.05) is 0 Å². The Morgan fingerprint density at radius 2 is 1.63 bits per heavy atom. The molecule has 1 N–H and O–H groups in total. The Morgan fingerprint density at radius 1 is 0.974 bits per heavy atom. The van der Waals surface area contributed by atoms with E-state index in [2.05, 4.69) is 25.2 Å². The lowest BCUT2D eigenvalue weighted by atomic mass is 9.93. The number of carbonyl (C=O) groups excluding carboxylic acids is 1. The quantitative estimate of drug-likeness (QED) is 0.426. The van der Waals surface area contributed by atoms with E-state index in [1.54, 1.807) is 43.5 Å². The number of carbonyl (C=O) groups is 1. The number of fused-ring (bicyclic) bond motifs is 1. The van der Waals surface area contributed by atoms with Crippen LogP contribution >= 0.6 is 0 Å². The number of amides is 1. The number of nitrogens with one attached hydrogen (secondary N) is 1. The maximum Gasteiger partial charge on any atom is 0.264 e. The number of methoxy groups -OCH3 is 1. The summed E-state index contributed by atoms with van der Waals surface area (Å²) in [5, 5.41) is 3.05. The first-order valence-corrected chi connectivity index (χ1v) is 14.2. The molecule has 0 bridgehead atoms. The number of benzene rings is 3. The summed E-state index contributed by atoms with van der Waals surface area (Å²) in [7, 11) is -2.27. The van der Waals surface area contributed by atoms with Gasteiger partial charge in [-0.15, -0.1) is 0 Å². The summed E-state index contributed by atoms with van der Waals surface area (Å²) in [6.07, 6.45) is -1.02. The van der Waals surface area contributed by atoms with E-state index in [9.17, 15) is 13.2 Å². The van der Waals surface area contributed by atoms with Crippen molar-refractivity contribution in [3.63, 3.8) is 0 Å². The maximum absolute atomic E-state index is 13.7. The fourth-order valence-corrected chi connectivity index (χ4v) is 6.23. The molecule has 0 fully saturated rings. The molecular weight excluding hydrogens is 500 g/mol. The van der Waals surface area contributed by atoms with E-state index < -0.39 is 16.1 Å². The Bertz CT molecular complexity index is 1450. The average Bonchev–Trinajstić information content (AvgIpc) is 2.87. The summed E-state index contributed by atoms with van der Waals surface area (Å²) >= 11 is 0. The molecule has 1 amide bonds. The highest BCUT2D eigenvalue weighted by molar-refractivity contribution is 7.92. The number of hydrogen-bond donors (Lipinski definition) is 1. The van der Waals surface area contributed by atoms with Crippen molar-refractivity contribution in [2.45, 2.75) is 64.5 Å². The average molecular weight is 537 g/mol. The topological polar surface area (TPSA) is 84.9 Å². The van der Waals surface area contributed by atoms with Crippen LogP contribution in [0.25, 0.3) is 0 Å². The van der Waals surface area contributed by atoms with E-state index in [0.717, 1.165) is 33.6 Å². The van der Waals surface area contributed by atoms with Crippen molar-refractivity contribution >= 4 is 21.6 Å². The molecule has 202 valence electrons. The highest BCUT2D eigenvalue weighted by atomic mass is 32.2. The van der Waals surface area contributed by atoms with Crippen molar-refractivity contribution in [1.29, 1.82) is 0 Å². The Balaban J connectivity index is 1.64. The van der Waals surface area contributed by atoms with E-state index in [-0.39, 0.29) is 29.3 Å². The van der Waals surface area contributed by atoms with Gasteiger partial charge in [0.2, 0.25) is 0 Å². The summed E-state index contributed by atoms with van der Waals surface area (Å²) in [4.78, 5) is 13.6. The molecule has 0 saturated carbocycles. The first-order valence-electron chi connectivity index (χ1n) is 12.8. The zero-order valence-electron chi connectivity index (χ0n) is 23.0. The zero-order chi connectivity index (χ0) is 27.8. The lowest BCUT2D eigenvalue weighted by molar-refractivity contribution is -0.128. The van der Waals surface area contributed by atoms with Crippen LogP contribution in [0.1, 0.15) is 60.5 Å². The van der Waals surface area contributed by atoms with Crippen molar-refractivity contribution in [3.8, 4) is 11.5 Å². The van der Waals surface area contributed by atoms with Gasteiger partial charge >= 0.3 is 0 Å². The minimum Gasteiger partial charge on any atom is -0.496 e. The molecular formula is C30H36N2O5S. The SMILES string of the molecule is COc1cc(C)c([C@@H](C)NC(=O)[C@H]2CN(S(=O)(=O)c3ccc(C)cc3)c3cc(C)ccc3O2)cc1C(C)C. The summed E-state index contributed by atoms with van der Waals surface area (Å²) in [5.41, 5.74) is 5.30. The van der Waals surface area contributed by atoms with E-state index in [4.69, 9.17) is 9.47 Å². The molecule has 7 nitrogen and oxygen atoms in total. The maximum atomic E-state index is 13.7. The van der Waals surface area contributed by atoms with Crippen LogP contribution in [-0.4, -0.2) is 34.1 Å². The van der Waals surface area contributed by atoms with Crippen LogP contribution < -0.4 is 19.1 Å². The predicted octanol–water partition coefficient (Wildman–Crippen LogP) is 5.58. The highest BCUT2D eigenvalue weighted by Crippen LogP contribution is 2.38. The number of nitrogens with zero attached hydrogens (tertiary/aromatic N) is 1. The molecule has 3 aromatic carbocycles. The van der Waals surface area contributed by atoms with Crippen LogP contribution in [0.3, 0.4) is 0 Å². The van der Waals surface area contributed by atoms with Crippen molar-refractivity contribution in [1.82, 2.24) is 5.32 Å². The molecule has 0 aromatic heterocycles. The monoisotopic (exact) mass is 536 g/mol. The van der Waals surface area contributed by atoms with Crippen molar-refractivity contribution in [3.05, 3.63) is 82.4 Å². The minimum absolute atomic E-state index is 0.135. The summed E-state index contributed by atoms with van der Waals surface area (Å²) < 4.78 is 40.3. The van der Waals surface area contributed by atoms with Gasteiger partial charge in [-0.05, 0) is 92.3 Å². The van der Waals surface area contributed by atoms with Crippen LogP contribution in [-0.2, 0) is 14.8 Å².